The molecule has 3 N–H and O–H groups in total. The van der Waals surface area contributed by atoms with E-state index >= 15 is 0 Å². The summed E-state index contributed by atoms with van der Waals surface area (Å²) in [5.41, 5.74) is 0. The molecule has 0 saturated heterocycles. The second kappa shape index (κ2) is 4.62. The van der Waals surface area contributed by atoms with Crippen LogP contribution in [0.1, 0.15) is 0 Å². The van der Waals surface area contributed by atoms with E-state index in [9.17, 15) is 8.42 Å². The fourth-order valence-electron chi connectivity index (χ4n) is 0.431. The van der Waals surface area contributed by atoms with Crippen LogP contribution in [0, 0.1) is 0 Å². The largest absolute Gasteiger partial charge is 0.381 e. The van der Waals surface area contributed by atoms with Gasteiger partial charge in [-0.05, 0) is 0 Å². The molecule has 7 heteroatoms. The Morgan fingerprint density at radius 1 is 1.18 bits per heavy atom. The third kappa shape index (κ3) is 6.20. The highest BCUT2D eigenvalue weighted by atomic mass is 32.2. The molecule has 0 spiro atoms. The maximum Gasteiger partial charge on any atom is 0.266 e. The SMILES string of the molecule is O=S(=O)(O)CCN(CO)CO. The fraction of sp³-hybridized carbons (Fsp3) is 1.00. The van der Waals surface area contributed by atoms with Crippen LogP contribution in [0.15, 0.2) is 0 Å². The molecule has 6 nitrogen and oxygen atoms in total. The first-order valence-electron chi connectivity index (χ1n) is 2.89. The molecule has 0 rings (SSSR count). The third-order valence-electron chi connectivity index (χ3n) is 1.07. The zero-order valence-electron chi connectivity index (χ0n) is 5.84. The van der Waals surface area contributed by atoms with Crippen LogP contribution in [0.4, 0.5) is 0 Å². The second-order valence-corrected chi connectivity index (χ2v) is 3.54. The van der Waals surface area contributed by atoms with E-state index in [4.69, 9.17) is 14.8 Å². The van der Waals surface area contributed by atoms with Gasteiger partial charge < -0.3 is 10.2 Å². The van der Waals surface area contributed by atoms with Gasteiger partial charge in [0.05, 0.1) is 19.2 Å². The zero-order chi connectivity index (χ0) is 8.91. The Hall–Kier alpha value is -0.210. The quantitative estimate of drug-likeness (QED) is 0.341. The van der Waals surface area contributed by atoms with Gasteiger partial charge in [-0.3, -0.25) is 9.45 Å². The summed E-state index contributed by atoms with van der Waals surface area (Å²) >= 11 is 0. The van der Waals surface area contributed by atoms with E-state index in [0.29, 0.717) is 0 Å². The number of aliphatic hydroxyl groups is 2. The molecule has 0 aromatic carbocycles. The highest BCUT2D eigenvalue weighted by Gasteiger charge is 2.07. The van der Waals surface area contributed by atoms with Gasteiger partial charge in [0, 0.05) is 6.54 Å². The first-order valence-corrected chi connectivity index (χ1v) is 4.49. The van der Waals surface area contributed by atoms with Gasteiger partial charge in [-0.25, -0.2) is 0 Å². The van der Waals surface area contributed by atoms with E-state index in [1.807, 2.05) is 0 Å². The van der Waals surface area contributed by atoms with Crippen LogP contribution in [0.2, 0.25) is 0 Å². The van der Waals surface area contributed by atoms with Crippen LogP contribution in [0.25, 0.3) is 0 Å². The summed E-state index contributed by atoms with van der Waals surface area (Å²) < 4.78 is 28.5. The van der Waals surface area contributed by atoms with Gasteiger partial charge in [0.15, 0.2) is 0 Å². The van der Waals surface area contributed by atoms with Crippen molar-refractivity contribution in [2.45, 2.75) is 0 Å². The number of aliphatic hydroxyl groups excluding tert-OH is 2. The van der Waals surface area contributed by atoms with Gasteiger partial charge in [-0.1, -0.05) is 0 Å². The predicted octanol–water partition coefficient (Wildman–Crippen LogP) is -1.92. The fourth-order valence-corrected chi connectivity index (χ4v) is 0.920. The minimum Gasteiger partial charge on any atom is -0.381 e. The smallest absolute Gasteiger partial charge is 0.266 e. The second-order valence-electron chi connectivity index (χ2n) is 1.96. The summed E-state index contributed by atoms with van der Waals surface area (Å²) in [6, 6.07) is 0. The van der Waals surface area contributed by atoms with Crippen molar-refractivity contribution < 1.29 is 23.2 Å². The van der Waals surface area contributed by atoms with Crippen molar-refractivity contribution in [1.82, 2.24) is 4.90 Å². The van der Waals surface area contributed by atoms with Crippen molar-refractivity contribution in [3.63, 3.8) is 0 Å². The van der Waals surface area contributed by atoms with Crippen molar-refractivity contribution >= 4 is 10.1 Å². The normalized spacial score (nSPS) is 12.4. The summed E-state index contributed by atoms with van der Waals surface area (Å²) in [6.45, 7) is -0.968. The molecule has 0 amide bonds. The molecule has 0 atom stereocenters. The van der Waals surface area contributed by atoms with Crippen molar-refractivity contribution in [1.29, 1.82) is 0 Å². The molecular formula is C4H11NO5S. The maximum absolute atomic E-state index is 10.1. The molecule has 0 fully saturated rings. The van der Waals surface area contributed by atoms with E-state index < -0.39 is 29.3 Å². The molecule has 0 aliphatic carbocycles. The van der Waals surface area contributed by atoms with Gasteiger partial charge in [0.1, 0.15) is 0 Å². The molecule has 11 heavy (non-hydrogen) atoms. The van der Waals surface area contributed by atoms with Crippen LogP contribution in [0.3, 0.4) is 0 Å². The van der Waals surface area contributed by atoms with Gasteiger partial charge in [-0.2, -0.15) is 8.42 Å². The molecule has 0 unspecified atom stereocenters. The first kappa shape index (κ1) is 10.8. The predicted molar refractivity (Wildman–Crippen MR) is 37.3 cm³/mol. The molecule has 0 heterocycles. The van der Waals surface area contributed by atoms with Crippen molar-refractivity contribution in [3.8, 4) is 0 Å². The lowest BCUT2D eigenvalue weighted by Crippen LogP contribution is -2.30. The first-order chi connectivity index (χ1) is 4.99. The summed E-state index contributed by atoms with van der Waals surface area (Å²) in [5.74, 6) is -0.492. The Balaban J connectivity index is 3.69. The molecule has 68 valence electrons. The Kier molecular flexibility index (Phi) is 4.54. The van der Waals surface area contributed by atoms with E-state index in [-0.39, 0.29) is 6.54 Å². The lowest BCUT2D eigenvalue weighted by Gasteiger charge is -2.13. The minimum absolute atomic E-state index is 0.0914. The van der Waals surface area contributed by atoms with Gasteiger partial charge in [-0.15, -0.1) is 0 Å². The maximum atomic E-state index is 10.1. The van der Waals surface area contributed by atoms with Gasteiger partial charge >= 0.3 is 0 Å². The van der Waals surface area contributed by atoms with Crippen LogP contribution < -0.4 is 0 Å². The van der Waals surface area contributed by atoms with Crippen molar-refractivity contribution in [3.05, 3.63) is 0 Å². The van der Waals surface area contributed by atoms with E-state index in [1.54, 1.807) is 0 Å². The summed E-state index contributed by atoms with van der Waals surface area (Å²) in [6.07, 6.45) is 0. The van der Waals surface area contributed by atoms with Crippen LogP contribution in [-0.2, 0) is 10.1 Å². The average Bonchev–Trinajstić information content (AvgIpc) is 1.88. The van der Waals surface area contributed by atoms with Gasteiger partial charge in [0.25, 0.3) is 10.1 Å². The highest BCUT2D eigenvalue weighted by Crippen LogP contribution is 1.87. The molecule has 0 aliphatic heterocycles. The molecular weight excluding hydrogens is 174 g/mol. The van der Waals surface area contributed by atoms with E-state index in [2.05, 4.69) is 0 Å². The molecule has 0 aromatic heterocycles. The topological polar surface area (TPSA) is 98.1 Å². The number of nitrogens with zero attached hydrogens (tertiary/aromatic N) is 1. The summed E-state index contributed by atoms with van der Waals surface area (Å²) in [7, 11) is -4.00. The van der Waals surface area contributed by atoms with Gasteiger partial charge in [0.2, 0.25) is 0 Å². The number of hydrogen-bond acceptors (Lipinski definition) is 5. The minimum atomic E-state index is -4.00. The monoisotopic (exact) mass is 185 g/mol. The van der Waals surface area contributed by atoms with Crippen LogP contribution in [-0.4, -0.2) is 53.8 Å². The molecule has 0 saturated carbocycles. The molecule has 0 radical (unpaired) electrons. The summed E-state index contributed by atoms with van der Waals surface area (Å²) in [5, 5.41) is 16.8. The lowest BCUT2D eigenvalue weighted by atomic mass is 10.6. The molecule has 0 aromatic rings. The van der Waals surface area contributed by atoms with E-state index in [0.717, 1.165) is 4.90 Å². The summed E-state index contributed by atoms with van der Waals surface area (Å²) in [4.78, 5) is 1.05. The standard InChI is InChI=1S/C4H11NO5S/c6-3-5(4-7)1-2-11(8,9)10/h6-7H,1-4H2,(H,8,9,10). The molecule has 0 aliphatic rings. The third-order valence-corrected chi connectivity index (χ3v) is 1.76. The Labute approximate surface area is 64.8 Å². The number of hydrogen-bond donors (Lipinski definition) is 3. The number of rotatable bonds is 5. The van der Waals surface area contributed by atoms with Crippen molar-refractivity contribution in [2.24, 2.45) is 0 Å². The van der Waals surface area contributed by atoms with Crippen LogP contribution >= 0.6 is 0 Å². The zero-order valence-corrected chi connectivity index (χ0v) is 6.66. The van der Waals surface area contributed by atoms with Crippen LogP contribution in [0.5, 0.6) is 0 Å². The Morgan fingerprint density at radius 2 is 1.64 bits per heavy atom. The Morgan fingerprint density at radius 3 is 1.91 bits per heavy atom. The highest BCUT2D eigenvalue weighted by molar-refractivity contribution is 7.85. The molecule has 0 bridgehead atoms. The van der Waals surface area contributed by atoms with E-state index in [1.165, 1.54) is 0 Å². The Bertz CT molecular complexity index is 185. The lowest BCUT2D eigenvalue weighted by molar-refractivity contribution is 0.0343. The average molecular weight is 185 g/mol. The van der Waals surface area contributed by atoms with Crippen molar-refractivity contribution in [2.75, 3.05) is 25.8 Å².